The molecule has 1 unspecified atom stereocenters. The molecule has 0 saturated heterocycles. The minimum absolute atomic E-state index is 0.0125. The van der Waals surface area contributed by atoms with Crippen LogP contribution >= 0.6 is 0 Å². The maximum absolute atomic E-state index is 13.6. The van der Waals surface area contributed by atoms with Gasteiger partial charge in [0.25, 0.3) is 0 Å². The Kier molecular flexibility index (Phi) is 5.84. The van der Waals surface area contributed by atoms with Gasteiger partial charge >= 0.3 is 0 Å². The van der Waals surface area contributed by atoms with Crippen molar-refractivity contribution in [1.29, 1.82) is 0 Å². The standard InChI is InChI=1S/C12H18F2N2O2S/c1-2-19(17,18)7-3-4-12(16-15)10-8-9(13)5-6-11(10)14/h5-6,8,12,16H,2-4,7,15H2,1H3. The van der Waals surface area contributed by atoms with Gasteiger partial charge in [0.05, 0.1) is 5.75 Å². The number of hydrogen-bond acceptors (Lipinski definition) is 4. The third kappa shape index (κ3) is 4.85. The molecule has 0 aliphatic carbocycles. The van der Waals surface area contributed by atoms with Gasteiger partial charge < -0.3 is 0 Å². The van der Waals surface area contributed by atoms with E-state index in [0.717, 1.165) is 18.2 Å². The summed E-state index contributed by atoms with van der Waals surface area (Å²) in [5.41, 5.74) is 2.50. The lowest BCUT2D eigenvalue weighted by atomic mass is 10.0. The summed E-state index contributed by atoms with van der Waals surface area (Å²) < 4.78 is 49.3. The summed E-state index contributed by atoms with van der Waals surface area (Å²) >= 11 is 0. The van der Waals surface area contributed by atoms with Gasteiger partial charge in [0, 0.05) is 17.4 Å². The summed E-state index contributed by atoms with van der Waals surface area (Å²) in [6.07, 6.45) is 0.650. The SMILES string of the molecule is CCS(=O)(=O)CCCC(NN)c1cc(F)ccc1F. The lowest BCUT2D eigenvalue weighted by molar-refractivity contribution is 0.474. The maximum atomic E-state index is 13.6. The van der Waals surface area contributed by atoms with Gasteiger partial charge in [0.1, 0.15) is 21.5 Å². The van der Waals surface area contributed by atoms with Crippen LogP contribution in [0.5, 0.6) is 0 Å². The molecule has 108 valence electrons. The van der Waals surface area contributed by atoms with Gasteiger partial charge in [-0.05, 0) is 31.0 Å². The predicted octanol–water partition coefficient (Wildman–Crippen LogP) is 1.68. The van der Waals surface area contributed by atoms with Gasteiger partial charge in [-0.2, -0.15) is 0 Å². The van der Waals surface area contributed by atoms with Crippen molar-refractivity contribution in [3.05, 3.63) is 35.4 Å². The number of hydrazine groups is 1. The normalized spacial score (nSPS) is 13.5. The third-order valence-corrected chi connectivity index (χ3v) is 4.71. The highest BCUT2D eigenvalue weighted by Gasteiger charge is 2.16. The molecule has 0 amide bonds. The fraction of sp³-hybridized carbons (Fsp3) is 0.500. The number of sulfone groups is 1. The first-order valence-electron chi connectivity index (χ1n) is 6.01. The summed E-state index contributed by atoms with van der Waals surface area (Å²) in [7, 11) is -3.06. The second kappa shape index (κ2) is 6.93. The van der Waals surface area contributed by atoms with Gasteiger partial charge in [-0.15, -0.1) is 0 Å². The monoisotopic (exact) mass is 292 g/mol. The van der Waals surface area contributed by atoms with E-state index in [0.29, 0.717) is 12.8 Å². The Balaban J connectivity index is 2.71. The van der Waals surface area contributed by atoms with Crippen LogP contribution in [-0.2, 0) is 9.84 Å². The van der Waals surface area contributed by atoms with E-state index in [1.165, 1.54) is 0 Å². The van der Waals surface area contributed by atoms with Crippen molar-refractivity contribution in [2.75, 3.05) is 11.5 Å². The van der Waals surface area contributed by atoms with Crippen LogP contribution in [0, 0.1) is 11.6 Å². The summed E-state index contributed by atoms with van der Waals surface area (Å²) in [4.78, 5) is 0. The highest BCUT2D eigenvalue weighted by Crippen LogP contribution is 2.22. The Morgan fingerprint density at radius 1 is 1.37 bits per heavy atom. The van der Waals surface area contributed by atoms with E-state index < -0.39 is 27.5 Å². The fourth-order valence-electron chi connectivity index (χ4n) is 1.76. The molecule has 3 N–H and O–H groups in total. The van der Waals surface area contributed by atoms with Crippen molar-refractivity contribution in [3.63, 3.8) is 0 Å². The van der Waals surface area contributed by atoms with Crippen LogP contribution in [-0.4, -0.2) is 19.9 Å². The van der Waals surface area contributed by atoms with Gasteiger partial charge in [-0.25, -0.2) is 17.2 Å². The number of halogens is 2. The lowest BCUT2D eigenvalue weighted by Crippen LogP contribution is -2.29. The molecule has 0 aliphatic rings. The van der Waals surface area contributed by atoms with Gasteiger partial charge in [-0.1, -0.05) is 6.92 Å². The zero-order chi connectivity index (χ0) is 14.5. The van der Waals surface area contributed by atoms with Crippen molar-refractivity contribution >= 4 is 9.84 Å². The average molecular weight is 292 g/mol. The molecule has 7 heteroatoms. The maximum Gasteiger partial charge on any atom is 0.150 e. The largest absolute Gasteiger partial charge is 0.271 e. The van der Waals surface area contributed by atoms with Crippen LogP contribution in [0.25, 0.3) is 0 Å². The van der Waals surface area contributed by atoms with Crippen molar-refractivity contribution in [1.82, 2.24) is 5.43 Å². The van der Waals surface area contributed by atoms with Crippen LogP contribution in [0.1, 0.15) is 31.4 Å². The molecule has 1 aromatic carbocycles. The Morgan fingerprint density at radius 2 is 2.05 bits per heavy atom. The van der Waals surface area contributed by atoms with Crippen molar-refractivity contribution in [3.8, 4) is 0 Å². The van der Waals surface area contributed by atoms with E-state index in [2.05, 4.69) is 5.43 Å². The molecule has 0 aromatic heterocycles. The van der Waals surface area contributed by atoms with E-state index in [-0.39, 0.29) is 17.1 Å². The Labute approximate surface area is 111 Å². The second-order valence-electron chi connectivity index (χ2n) is 4.26. The quantitative estimate of drug-likeness (QED) is 0.592. The second-order valence-corrected chi connectivity index (χ2v) is 6.74. The molecule has 19 heavy (non-hydrogen) atoms. The highest BCUT2D eigenvalue weighted by molar-refractivity contribution is 7.91. The Hall–Kier alpha value is -1.05. The molecule has 0 heterocycles. The number of hydrogen-bond donors (Lipinski definition) is 2. The van der Waals surface area contributed by atoms with E-state index in [9.17, 15) is 17.2 Å². The summed E-state index contributed by atoms with van der Waals surface area (Å²) in [5, 5.41) is 0. The first kappa shape index (κ1) is 16.0. The molecular weight excluding hydrogens is 274 g/mol. The molecule has 0 spiro atoms. The molecular formula is C12H18F2N2O2S. The molecule has 0 aliphatic heterocycles. The van der Waals surface area contributed by atoms with Gasteiger partial charge in [-0.3, -0.25) is 11.3 Å². The number of nitrogens with two attached hydrogens (primary N) is 1. The van der Waals surface area contributed by atoms with Gasteiger partial charge in [0.2, 0.25) is 0 Å². The number of benzene rings is 1. The van der Waals surface area contributed by atoms with E-state index in [1.54, 1.807) is 6.92 Å². The molecule has 0 fully saturated rings. The van der Waals surface area contributed by atoms with Crippen LogP contribution in [0.15, 0.2) is 18.2 Å². The Morgan fingerprint density at radius 3 is 2.63 bits per heavy atom. The molecule has 4 nitrogen and oxygen atoms in total. The average Bonchev–Trinajstić information content (AvgIpc) is 2.38. The van der Waals surface area contributed by atoms with E-state index >= 15 is 0 Å². The van der Waals surface area contributed by atoms with Gasteiger partial charge in [0.15, 0.2) is 0 Å². The smallest absolute Gasteiger partial charge is 0.150 e. The van der Waals surface area contributed by atoms with E-state index in [4.69, 9.17) is 5.84 Å². The molecule has 0 radical (unpaired) electrons. The van der Waals surface area contributed by atoms with Crippen LogP contribution < -0.4 is 11.3 Å². The van der Waals surface area contributed by atoms with Crippen molar-refractivity contribution in [2.45, 2.75) is 25.8 Å². The van der Waals surface area contributed by atoms with Crippen molar-refractivity contribution < 1.29 is 17.2 Å². The topological polar surface area (TPSA) is 72.2 Å². The number of rotatable bonds is 7. The molecule has 0 saturated carbocycles. The van der Waals surface area contributed by atoms with Crippen LogP contribution in [0.2, 0.25) is 0 Å². The molecule has 1 rings (SSSR count). The number of nitrogens with one attached hydrogen (secondary N) is 1. The Bertz CT molecular complexity index is 520. The first-order chi connectivity index (χ1) is 8.89. The minimum Gasteiger partial charge on any atom is -0.271 e. The summed E-state index contributed by atoms with van der Waals surface area (Å²) in [6.45, 7) is 1.57. The first-order valence-corrected chi connectivity index (χ1v) is 7.83. The fourth-order valence-corrected chi connectivity index (χ4v) is 2.66. The zero-order valence-corrected chi connectivity index (χ0v) is 11.5. The van der Waals surface area contributed by atoms with E-state index in [1.807, 2.05) is 0 Å². The summed E-state index contributed by atoms with van der Waals surface area (Å²) in [6, 6.07) is 2.50. The molecule has 0 bridgehead atoms. The third-order valence-electron chi connectivity index (χ3n) is 2.92. The van der Waals surface area contributed by atoms with Crippen molar-refractivity contribution in [2.24, 2.45) is 5.84 Å². The highest BCUT2D eigenvalue weighted by atomic mass is 32.2. The zero-order valence-electron chi connectivity index (χ0n) is 10.7. The van der Waals surface area contributed by atoms with Crippen LogP contribution in [0.3, 0.4) is 0 Å². The summed E-state index contributed by atoms with van der Waals surface area (Å²) in [5.74, 6) is 4.28. The molecule has 1 aromatic rings. The lowest BCUT2D eigenvalue weighted by Gasteiger charge is -2.17. The predicted molar refractivity (Wildman–Crippen MR) is 70.0 cm³/mol. The van der Waals surface area contributed by atoms with Crippen LogP contribution in [0.4, 0.5) is 8.78 Å². The minimum atomic E-state index is -3.06. The molecule has 1 atom stereocenters.